The molecule has 0 spiro atoms. The van der Waals surface area contributed by atoms with Crippen LogP contribution in [0.4, 0.5) is 5.00 Å². The first-order chi connectivity index (χ1) is 12.5. The van der Waals surface area contributed by atoms with Crippen molar-refractivity contribution in [3.05, 3.63) is 63.3 Å². The maximum atomic E-state index is 12.6. The summed E-state index contributed by atoms with van der Waals surface area (Å²) in [5, 5.41) is 5.38. The Hall–Kier alpha value is -2.44. The molecule has 0 radical (unpaired) electrons. The Kier molecular flexibility index (Phi) is 5.54. The fraction of sp³-hybridized carbons (Fsp3) is 0.200. The van der Waals surface area contributed by atoms with Gasteiger partial charge in [-0.2, -0.15) is 0 Å². The van der Waals surface area contributed by atoms with Crippen LogP contribution in [0.5, 0.6) is 0 Å². The molecule has 0 bridgehead atoms. The van der Waals surface area contributed by atoms with Crippen molar-refractivity contribution < 1.29 is 14.3 Å². The van der Waals surface area contributed by atoms with Crippen molar-refractivity contribution in [3.63, 3.8) is 0 Å². The Morgan fingerprint density at radius 3 is 2.46 bits per heavy atom. The van der Waals surface area contributed by atoms with Crippen LogP contribution in [-0.2, 0) is 4.74 Å². The predicted molar refractivity (Wildman–Crippen MR) is 107 cm³/mol. The zero-order valence-corrected chi connectivity index (χ0v) is 16.4. The molecule has 0 unspecified atom stereocenters. The normalized spacial score (nSPS) is 10.6. The molecule has 0 saturated carbocycles. The van der Waals surface area contributed by atoms with E-state index in [0.29, 0.717) is 16.1 Å². The molecule has 0 atom stereocenters. The Morgan fingerprint density at radius 2 is 1.85 bits per heavy atom. The van der Waals surface area contributed by atoms with Gasteiger partial charge < -0.3 is 10.1 Å². The summed E-state index contributed by atoms with van der Waals surface area (Å²) in [5.41, 5.74) is 2.90. The molecule has 2 heterocycles. The highest BCUT2D eigenvalue weighted by atomic mass is 32.1. The fourth-order valence-corrected chi connectivity index (χ4v) is 4.58. The molecule has 1 N–H and O–H groups in total. The van der Waals surface area contributed by atoms with Gasteiger partial charge in [-0.15, -0.1) is 22.7 Å². The summed E-state index contributed by atoms with van der Waals surface area (Å²) in [6.45, 7) is 5.97. The second-order valence-electron chi connectivity index (χ2n) is 5.76. The van der Waals surface area contributed by atoms with Gasteiger partial charge in [-0.25, -0.2) is 4.79 Å². The molecule has 134 valence electrons. The molecule has 26 heavy (non-hydrogen) atoms. The zero-order chi connectivity index (χ0) is 18.7. The number of hydrogen-bond acceptors (Lipinski definition) is 5. The van der Waals surface area contributed by atoms with E-state index in [-0.39, 0.29) is 12.5 Å². The van der Waals surface area contributed by atoms with Crippen LogP contribution in [0.25, 0.3) is 10.4 Å². The van der Waals surface area contributed by atoms with E-state index in [1.54, 1.807) is 30.4 Å². The molecule has 0 aliphatic heterocycles. The minimum absolute atomic E-state index is 0.241. The molecule has 3 aromatic rings. The van der Waals surface area contributed by atoms with Crippen LogP contribution in [0, 0.1) is 13.8 Å². The fourth-order valence-electron chi connectivity index (χ4n) is 2.63. The standard InChI is InChI=1S/C20H19NO3S2/c1-4-24-20(23)17-16(15-6-5-11-25-15)13(3)26-19(17)21-18(22)14-9-7-12(2)8-10-14/h5-11H,4H2,1-3H3,(H,21,22). The Balaban J connectivity index is 2.01. The first-order valence-corrected chi connectivity index (χ1v) is 9.93. The highest BCUT2D eigenvalue weighted by molar-refractivity contribution is 7.18. The molecular weight excluding hydrogens is 366 g/mol. The number of thiophene rings is 2. The molecule has 0 aliphatic carbocycles. The molecule has 3 rings (SSSR count). The van der Waals surface area contributed by atoms with Gasteiger partial charge in [0.2, 0.25) is 0 Å². The molecule has 0 aliphatic rings. The van der Waals surface area contributed by atoms with Gasteiger partial charge in [0.1, 0.15) is 10.6 Å². The summed E-state index contributed by atoms with van der Waals surface area (Å²) >= 11 is 2.95. The summed E-state index contributed by atoms with van der Waals surface area (Å²) in [7, 11) is 0. The zero-order valence-electron chi connectivity index (χ0n) is 14.8. The number of anilines is 1. The van der Waals surface area contributed by atoms with Crippen molar-refractivity contribution in [2.24, 2.45) is 0 Å². The van der Waals surface area contributed by atoms with Crippen LogP contribution in [0.2, 0.25) is 0 Å². The third kappa shape index (κ3) is 3.71. The Labute approximate surface area is 160 Å². The van der Waals surface area contributed by atoms with Gasteiger partial charge in [-0.1, -0.05) is 23.8 Å². The summed E-state index contributed by atoms with van der Waals surface area (Å²) in [6, 6.07) is 11.2. The van der Waals surface area contributed by atoms with Gasteiger partial charge in [0.15, 0.2) is 0 Å². The average Bonchev–Trinajstić information content (AvgIpc) is 3.23. The van der Waals surface area contributed by atoms with E-state index >= 15 is 0 Å². The predicted octanol–water partition coefficient (Wildman–Crippen LogP) is 5.52. The molecule has 0 saturated heterocycles. The molecule has 0 fully saturated rings. The van der Waals surface area contributed by atoms with Crippen LogP contribution in [0.3, 0.4) is 0 Å². The number of amides is 1. The number of rotatable bonds is 5. The third-order valence-corrected chi connectivity index (χ3v) is 5.78. The minimum atomic E-state index is -0.417. The SMILES string of the molecule is CCOC(=O)c1c(NC(=O)c2ccc(C)cc2)sc(C)c1-c1cccs1. The van der Waals surface area contributed by atoms with Gasteiger partial charge in [0, 0.05) is 20.9 Å². The van der Waals surface area contributed by atoms with Gasteiger partial charge in [0.25, 0.3) is 5.91 Å². The lowest BCUT2D eigenvalue weighted by Gasteiger charge is -2.08. The number of carbonyl (C=O) groups excluding carboxylic acids is 2. The van der Waals surface area contributed by atoms with Crippen LogP contribution in [0.1, 0.15) is 38.1 Å². The number of nitrogens with one attached hydrogen (secondary N) is 1. The number of benzene rings is 1. The van der Waals surface area contributed by atoms with Gasteiger partial charge in [0.05, 0.1) is 6.61 Å². The number of carbonyl (C=O) groups is 2. The van der Waals surface area contributed by atoms with E-state index in [9.17, 15) is 9.59 Å². The van der Waals surface area contributed by atoms with E-state index in [1.165, 1.54) is 11.3 Å². The van der Waals surface area contributed by atoms with Crippen molar-refractivity contribution >= 4 is 39.6 Å². The lowest BCUT2D eigenvalue weighted by Crippen LogP contribution is -2.14. The van der Waals surface area contributed by atoms with Crippen LogP contribution < -0.4 is 5.32 Å². The third-order valence-electron chi connectivity index (χ3n) is 3.87. The van der Waals surface area contributed by atoms with Crippen LogP contribution in [-0.4, -0.2) is 18.5 Å². The van der Waals surface area contributed by atoms with E-state index < -0.39 is 5.97 Å². The summed E-state index contributed by atoms with van der Waals surface area (Å²) in [5.74, 6) is -0.658. The van der Waals surface area contributed by atoms with E-state index in [2.05, 4.69) is 5.32 Å². The highest BCUT2D eigenvalue weighted by Crippen LogP contribution is 2.42. The molecule has 1 aromatic carbocycles. The number of hydrogen-bond donors (Lipinski definition) is 1. The lowest BCUT2D eigenvalue weighted by molar-refractivity contribution is 0.0529. The molecule has 6 heteroatoms. The van der Waals surface area contributed by atoms with Crippen LogP contribution in [0.15, 0.2) is 41.8 Å². The Bertz CT molecular complexity index is 925. The van der Waals surface area contributed by atoms with Crippen molar-refractivity contribution in [2.45, 2.75) is 20.8 Å². The maximum absolute atomic E-state index is 12.6. The van der Waals surface area contributed by atoms with Crippen molar-refractivity contribution in [2.75, 3.05) is 11.9 Å². The van der Waals surface area contributed by atoms with Crippen molar-refractivity contribution in [3.8, 4) is 10.4 Å². The largest absolute Gasteiger partial charge is 0.462 e. The highest BCUT2D eigenvalue weighted by Gasteiger charge is 2.26. The topological polar surface area (TPSA) is 55.4 Å². The van der Waals surface area contributed by atoms with Gasteiger partial charge in [-0.3, -0.25) is 4.79 Å². The minimum Gasteiger partial charge on any atom is -0.462 e. The van der Waals surface area contributed by atoms with E-state index in [4.69, 9.17) is 4.74 Å². The smallest absolute Gasteiger partial charge is 0.341 e. The quantitative estimate of drug-likeness (QED) is 0.588. The monoisotopic (exact) mass is 385 g/mol. The number of esters is 1. The van der Waals surface area contributed by atoms with Crippen molar-refractivity contribution in [1.82, 2.24) is 0 Å². The van der Waals surface area contributed by atoms with E-state index in [1.807, 2.05) is 43.5 Å². The molecule has 2 aromatic heterocycles. The number of aryl methyl sites for hydroxylation is 2. The molecular formula is C20H19NO3S2. The molecule has 1 amide bonds. The van der Waals surface area contributed by atoms with Crippen LogP contribution >= 0.6 is 22.7 Å². The average molecular weight is 386 g/mol. The maximum Gasteiger partial charge on any atom is 0.341 e. The Morgan fingerprint density at radius 1 is 1.12 bits per heavy atom. The van der Waals surface area contributed by atoms with Gasteiger partial charge >= 0.3 is 5.97 Å². The second kappa shape index (κ2) is 7.85. The van der Waals surface area contributed by atoms with E-state index in [0.717, 1.165) is 20.9 Å². The number of ether oxygens (including phenoxy) is 1. The van der Waals surface area contributed by atoms with Gasteiger partial charge in [-0.05, 0) is 44.4 Å². The lowest BCUT2D eigenvalue weighted by atomic mass is 10.1. The first kappa shape index (κ1) is 18.4. The second-order valence-corrected chi connectivity index (χ2v) is 7.93. The first-order valence-electron chi connectivity index (χ1n) is 8.23. The van der Waals surface area contributed by atoms with Crippen molar-refractivity contribution in [1.29, 1.82) is 0 Å². The summed E-state index contributed by atoms with van der Waals surface area (Å²) in [6.07, 6.45) is 0. The summed E-state index contributed by atoms with van der Waals surface area (Å²) < 4.78 is 5.24. The molecule has 4 nitrogen and oxygen atoms in total. The summed E-state index contributed by atoms with van der Waals surface area (Å²) in [4.78, 5) is 27.2.